The molecule has 0 spiro atoms. The minimum absolute atomic E-state index is 0.0151. The van der Waals surface area contributed by atoms with Crippen LogP contribution in [0.5, 0.6) is 11.5 Å². The number of H-pyrrole nitrogens is 1. The summed E-state index contributed by atoms with van der Waals surface area (Å²) in [5.41, 5.74) is 4.20. The van der Waals surface area contributed by atoms with E-state index in [0.29, 0.717) is 19.7 Å². The van der Waals surface area contributed by atoms with Crippen LogP contribution in [0.2, 0.25) is 0 Å². The molecule has 7 heteroatoms. The van der Waals surface area contributed by atoms with Crippen molar-refractivity contribution in [3.8, 4) is 11.5 Å². The van der Waals surface area contributed by atoms with Gasteiger partial charge in [0.2, 0.25) is 11.8 Å². The molecule has 4 aromatic rings. The number of amides is 2. The van der Waals surface area contributed by atoms with Crippen molar-refractivity contribution in [3.05, 3.63) is 95.7 Å². The van der Waals surface area contributed by atoms with Crippen LogP contribution in [-0.4, -0.2) is 59.4 Å². The van der Waals surface area contributed by atoms with Gasteiger partial charge in [0.1, 0.15) is 18.0 Å². The highest BCUT2D eigenvalue weighted by Crippen LogP contribution is 2.28. The number of nitrogens with one attached hydrogen (secondary N) is 1. The Balaban J connectivity index is 1.30. The number of aromatic nitrogens is 1. The molecule has 2 amide bonds. The predicted molar refractivity (Wildman–Crippen MR) is 156 cm³/mol. The number of aromatic amines is 1. The van der Waals surface area contributed by atoms with E-state index < -0.39 is 0 Å². The van der Waals surface area contributed by atoms with E-state index in [4.69, 9.17) is 9.47 Å². The standard InChI is InChI=1S/C33H37N3O4/c1-3-40-29-16-10-25(11-17-29)22-35(19-18-26-21-34-31-7-5-4-6-30(26)31)33(38)23-36(27-12-13-27)32(37)20-24-8-14-28(39-2)15-9-24/h4-11,14-17,21,27,34H,3,12-13,18-20,22-23H2,1-2H3. The van der Waals surface area contributed by atoms with Crippen LogP contribution in [-0.2, 0) is 29.0 Å². The lowest BCUT2D eigenvalue weighted by Gasteiger charge is -2.28. The quantitative estimate of drug-likeness (QED) is 0.248. The van der Waals surface area contributed by atoms with E-state index >= 15 is 0 Å². The number of ether oxygens (including phenoxy) is 2. The fraction of sp³-hybridized carbons (Fsp3) is 0.333. The number of nitrogens with zero attached hydrogens (tertiary/aromatic N) is 2. The van der Waals surface area contributed by atoms with Crippen molar-refractivity contribution in [2.75, 3.05) is 26.8 Å². The third kappa shape index (κ3) is 6.84. The van der Waals surface area contributed by atoms with Gasteiger partial charge in [0.05, 0.1) is 20.1 Å². The average Bonchev–Trinajstić information content (AvgIpc) is 3.74. The normalized spacial score (nSPS) is 12.8. The van der Waals surface area contributed by atoms with Gasteiger partial charge in [-0.15, -0.1) is 0 Å². The van der Waals surface area contributed by atoms with E-state index in [0.717, 1.165) is 47.4 Å². The lowest BCUT2D eigenvalue weighted by molar-refractivity contribution is -0.141. The molecule has 5 rings (SSSR count). The number of benzene rings is 3. The molecule has 0 bridgehead atoms. The van der Waals surface area contributed by atoms with Gasteiger partial charge in [0.15, 0.2) is 0 Å². The molecule has 1 N–H and O–H groups in total. The number of fused-ring (bicyclic) bond motifs is 1. The molecule has 0 radical (unpaired) electrons. The third-order valence-electron chi connectivity index (χ3n) is 7.41. The molecule has 1 heterocycles. The van der Waals surface area contributed by atoms with Crippen LogP contribution < -0.4 is 9.47 Å². The van der Waals surface area contributed by atoms with Crippen molar-refractivity contribution in [2.45, 2.75) is 45.2 Å². The number of carbonyl (C=O) groups is 2. The molecule has 1 aromatic heterocycles. The average molecular weight is 540 g/mol. The highest BCUT2D eigenvalue weighted by Gasteiger charge is 2.34. The summed E-state index contributed by atoms with van der Waals surface area (Å²) in [4.78, 5) is 34.2. The summed E-state index contributed by atoms with van der Waals surface area (Å²) in [6.07, 6.45) is 4.89. The van der Waals surface area contributed by atoms with E-state index in [1.165, 1.54) is 10.9 Å². The summed E-state index contributed by atoms with van der Waals surface area (Å²) in [6.45, 7) is 3.68. The summed E-state index contributed by atoms with van der Waals surface area (Å²) in [5, 5.41) is 1.17. The second-order valence-corrected chi connectivity index (χ2v) is 10.3. The molecule has 3 aromatic carbocycles. The van der Waals surface area contributed by atoms with Crippen LogP contribution in [0.3, 0.4) is 0 Å². The maximum absolute atomic E-state index is 13.8. The summed E-state index contributed by atoms with van der Waals surface area (Å²) >= 11 is 0. The molecular formula is C33H37N3O4. The van der Waals surface area contributed by atoms with Crippen LogP contribution in [0.25, 0.3) is 10.9 Å². The Hall–Kier alpha value is -4.26. The van der Waals surface area contributed by atoms with Crippen LogP contribution in [0.4, 0.5) is 0 Å². The van der Waals surface area contributed by atoms with Gasteiger partial charge in [-0.3, -0.25) is 9.59 Å². The summed E-state index contributed by atoms with van der Waals surface area (Å²) in [7, 11) is 1.62. The largest absolute Gasteiger partial charge is 0.497 e. The van der Waals surface area contributed by atoms with E-state index in [9.17, 15) is 9.59 Å². The van der Waals surface area contributed by atoms with E-state index in [1.807, 2.05) is 78.7 Å². The highest BCUT2D eigenvalue weighted by atomic mass is 16.5. The molecule has 1 fully saturated rings. The smallest absolute Gasteiger partial charge is 0.242 e. The Morgan fingerprint density at radius 2 is 1.60 bits per heavy atom. The van der Waals surface area contributed by atoms with Crippen molar-refractivity contribution in [1.29, 1.82) is 0 Å². The van der Waals surface area contributed by atoms with E-state index in [2.05, 4.69) is 17.1 Å². The van der Waals surface area contributed by atoms with Gasteiger partial charge in [-0.1, -0.05) is 42.5 Å². The van der Waals surface area contributed by atoms with Gasteiger partial charge in [-0.2, -0.15) is 0 Å². The van der Waals surface area contributed by atoms with Gasteiger partial charge in [-0.05, 0) is 73.2 Å². The zero-order chi connectivity index (χ0) is 27.9. The van der Waals surface area contributed by atoms with Gasteiger partial charge < -0.3 is 24.3 Å². The van der Waals surface area contributed by atoms with Gasteiger partial charge in [-0.25, -0.2) is 0 Å². The first-order valence-electron chi connectivity index (χ1n) is 14.0. The molecule has 1 saturated carbocycles. The Kier molecular flexibility index (Phi) is 8.69. The fourth-order valence-electron chi connectivity index (χ4n) is 5.04. The number of para-hydroxylation sites is 1. The molecular weight excluding hydrogens is 502 g/mol. The molecule has 208 valence electrons. The van der Waals surface area contributed by atoms with Crippen LogP contribution >= 0.6 is 0 Å². The van der Waals surface area contributed by atoms with E-state index in [1.54, 1.807) is 12.0 Å². The molecule has 0 unspecified atom stereocenters. The van der Waals surface area contributed by atoms with Crippen LogP contribution in [0.15, 0.2) is 79.0 Å². The van der Waals surface area contributed by atoms with Crippen molar-refractivity contribution < 1.29 is 19.1 Å². The number of carbonyl (C=O) groups excluding carboxylic acids is 2. The predicted octanol–water partition coefficient (Wildman–Crippen LogP) is 5.38. The molecule has 0 saturated heterocycles. The van der Waals surface area contributed by atoms with Crippen molar-refractivity contribution in [3.63, 3.8) is 0 Å². The van der Waals surface area contributed by atoms with Crippen LogP contribution in [0, 0.1) is 0 Å². The molecule has 40 heavy (non-hydrogen) atoms. The zero-order valence-electron chi connectivity index (χ0n) is 23.3. The molecule has 0 aliphatic heterocycles. The van der Waals surface area contributed by atoms with Crippen molar-refractivity contribution >= 4 is 22.7 Å². The van der Waals surface area contributed by atoms with Crippen molar-refractivity contribution in [1.82, 2.24) is 14.8 Å². The summed E-state index contributed by atoms with van der Waals surface area (Å²) in [5.74, 6) is 1.51. The Bertz CT molecular complexity index is 1420. The topological polar surface area (TPSA) is 74.9 Å². The molecule has 0 atom stereocenters. The number of methoxy groups -OCH3 is 1. The first kappa shape index (κ1) is 27.3. The summed E-state index contributed by atoms with van der Waals surface area (Å²) < 4.78 is 10.8. The lowest BCUT2D eigenvalue weighted by atomic mass is 10.1. The van der Waals surface area contributed by atoms with Gasteiger partial charge in [0, 0.05) is 36.2 Å². The van der Waals surface area contributed by atoms with Crippen LogP contribution in [0.1, 0.15) is 36.5 Å². The first-order valence-corrected chi connectivity index (χ1v) is 14.0. The maximum atomic E-state index is 13.8. The Labute approximate surface area is 235 Å². The Morgan fingerprint density at radius 1 is 0.900 bits per heavy atom. The molecule has 1 aliphatic carbocycles. The maximum Gasteiger partial charge on any atom is 0.242 e. The fourth-order valence-corrected chi connectivity index (χ4v) is 5.04. The van der Waals surface area contributed by atoms with E-state index in [-0.39, 0.29) is 30.8 Å². The second-order valence-electron chi connectivity index (χ2n) is 10.3. The molecule has 7 nitrogen and oxygen atoms in total. The monoisotopic (exact) mass is 539 g/mol. The highest BCUT2D eigenvalue weighted by molar-refractivity contribution is 5.87. The second kappa shape index (κ2) is 12.7. The third-order valence-corrected chi connectivity index (χ3v) is 7.41. The minimum atomic E-state index is -0.0382. The van der Waals surface area contributed by atoms with Gasteiger partial charge in [0.25, 0.3) is 0 Å². The molecule has 1 aliphatic rings. The number of hydrogen-bond acceptors (Lipinski definition) is 4. The number of hydrogen-bond donors (Lipinski definition) is 1. The van der Waals surface area contributed by atoms with Gasteiger partial charge >= 0.3 is 0 Å². The SMILES string of the molecule is CCOc1ccc(CN(CCc2c[nH]c3ccccc23)C(=O)CN(C(=O)Cc2ccc(OC)cc2)C2CC2)cc1. The summed E-state index contributed by atoms with van der Waals surface area (Å²) in [6, 6.07) is 23.8. The Morgan fingerprint density at radius 3 is 2.30 bits per heavy atom. The number of rotatable bonds is 13. The lowest BCUT2D eigenvalue weighted by Crippen LogP contribution is -2.44. The first-order chi connectivity index (χ1) is 19.5. The van der Waals surface area contributed by atoms with Crippen molar-refractivity contribution in [2.24, 2.45) is 0 Å². The zero-order valence-corrected chi connectivity index (χ0v) is 23.3. The minimum Gasteiger partial charge on any atom is -0.497 e.